The number of rotatable bonds is 2. The molecule has 0 aliphatic rings. The van der Waals surface area contributed by atoms with Crippen molar-refractivity contribution in [3.63, 3.8) is 0 Å². The predicted molar refractivity (Wildman–Crippen MR) is 46.9 cm³/mol. The number of halogens is 1. The average molecular weight is 183 g/mol. The van der Waals surface area contributed by atoms with Gasteiger partial charge in [-0.25, -0.2) is 4.39 Å². The van der Waals surface area contributed by atoms with Crippen LogP contribution in [0.3, 0.4) is 0 Å². The molecule has 0 saturated heterocycles. The zero-order chi connectivity index (χ0) is 9.84. The fourth-order valence-corrected chi connectivity index (χ4v) is 1.02. The molecular formula is C9H10FNO2. The minimum absolute atomic E-state index is 0.357. The summed E-state index contributed by atoms with van der Waals surface area (Å²) in [6, 6.07) is 4.03. The maximum atomic E-state index is 12.7. The third kappa shape index (κ3) is 1.96. The van der Waals surface area contributed by atoms with Crippen molar-refractivity contribution < 1.29 is 14.3 Å². The van der Waals surface area contributed by atoms with Crippen molar-refractivity contribution in [3.8, 4) is 5.75 Å². The highest BCUT2D eigenvalue weighted by atomic mass is 19.1. The third-order valence-corrected chi connectivity index (χ3v) is 1.70. The van der Waals surface area contributed by atoms with Crippen LogP contribution in [0.1, 0.15) is 12.5 Å². The zero-order valence-electron chi connectivity index (χ0n) is 7.41. The topological polar surface area (TPSA) is 41.8 Å². The molecule has 0 aliphatic heterocycles. The van der Waals surface area contributed by atoms with Crippen LogP contribution in [0.2, 0.25) is 0 Å². The van der Waals surface area contributed by atoms with E-state index in [4.69, 9.17) is 9.94 Å². The molecule has 0 bridgehead atoms. The first-order valence-electron chi connectivity index (χ1n) is 3.71. The second-order valence-corrected chi connectivity index (χ2v) is 2.53. The average Bonchev–Trinajstić information content (AvgIpc) is 2.16. The highest BCUT2D eigenvalue weighted by Gasteiger charge is 2.07. The molecule has 0 unspecified atom stereocenters. The Kier molecular flexibility index (Phi) is 2.84. The standard InChI is InChI=1S/C9H10FNO2/c1-6(11-12)8-4-3-7(10)5-9(8)13-2/h3-5,12H,1-2H3/b11-6+. The number of methoxy groups -OCH3 is 1. The molecule has 0 fully saturated rings. The molecule has 0 aliphatic carbocycles. The summed E-state index contributed by atoms with van der Waals surface area (Å²) in [5.74, 6) is -0.0263. The van der Waals surface area contributed by atoms with Gasteiger partial charge in [-0.05, 0) is 19.1 Å². The van der Waals surface area contributed by atoms with Crippen molar-refractivity contribution in [3.05, 3.63) is 29.6 Å². The molecule has 0 heterocycles. The fraction of sp³-hybridized carbons (Fsp3) is 0.222. The van der Waals surface area contributed by atoms with Crippen LogP contribution in [0.4, 0.5) is 4.39 Å². The van der Waals surface area contributed by atoms with Gasteiger partial charge in [-0.1, -0.05) is 5.16 Å². The maximum Gasteiger partial charge on any atom is 0.130 e. The van der Waals surface area contributed by atoms with E-state index >= 15 is 0 Å². The van der Waals surface area contributed by atoms with E-state index in [0.717, 1.165) is 0 Å². The van der Waals surface area contributed by atoms with Crippen LogP contribution in [-0.2, 0) is 0 Å². The Morgan fingerprint density at radius 2 is 2.23 bits per heavy atom. The molecule has 1 N–H and O–H groups in total. The second-order valence-electron chi connectivity index (χ2n) is 2.53. The van der Waals surface area contributed by atoms with Gasteiger partial charge in [0.15, 0.2) is 0 Å². The van der Waals surface area contributed by atoms with Crippen LogP contribution in [0.25, 0.3) is 0 Å². The molecular weight excluding hydrogens is 173 g/mol. The normalized spacial score (nSPS) is 11.5. The third-order valence-electron chi connectivity index (χ3n) is 1.70. The molecule has 0 atom stereocenters. The zero-order valence-corrected chi connectivity index (χ0v) is 7.41. The Balaban J connectivity index is 3.21. The van der Waals surface area contributed by atoms with Crippen LogP contribution in [0, 0.1) is 5.82 Å². The van der Waals surface area contributed by atoms with E-state index in [-0.39, 0.29) is 5.82 Å². The number of hydrogen-bond donors (Lipinski definition) is 1. The van der Waals surface area contributed by atoms with Crippen LogP contribution < -0.4 is 4.74 Å². The highest BCUT2D eigenvalue weighted by molar-refractivity contribution is 6.00. The lowest BCUT2D eigenvalue weighted by molar-refractivity contribution is 0.318. The van der Waals surface area contributed by atoms with Crippen LogP contribution in [-0.4, -0.2) is 18.0 Å². The monoisotopic (exact) mass is 183 g/mol. The van der Waals surface area contributed by atoms with Crippen molar-refractivity contribution >= 4 is 5.71 Å². The number of ether oxygens (including phenoxy) is 1. The van der Waals surface area contributed by atoms with Crippen LogP contribution >= 0.6 is 0 Å². The molecule has 70 valence electrons. The first kappa shape index (κ1) is 9.51. The van der Waals surface area contributed by atoms with Gasteiger partial charge < -0.3 is 9.94 Å². The smallest absolute Gasteiger partial charge is 0.130 e. The van der Waals surface area contributed by atoms with Gasteiger partial charge in [0.05, 0.1) is 12.8 Å². The molecule has 3 nitrogen and oxygen atoms in total. The summed E-state index contributed by atoms with van der Waals surface area (Å²) in [6.07, 6.45) is 0. The summed E-state index contributed by atoms with van der Waals surface area (Å²) in [5.41, 5.74) is 0.961. The Labute approximate surface area is 75.4 Å². The Morgan fingerprint density at radius 3 is 2.77 bits per heavy atom. The Hall–Kier alpha value is -1.58. The molecule has 1 aromatic carbocycles. The van der Waals surface area contributed by atoms with Crippen molar-refractivity contribution in [1.29, 1.82) is 0 Å². The van der Waals surface area contributed by atoms with E-state index in [9.17, 15) is 4.39 Å². The summed E-state index contributed by atoms with van der Waals surface area (Å²) in [7, 11) is 1.43. The Bertz CT molecular complexity index is 336. The van der Waals surface area contributed by atoms with Crippen LogP contribution in [0.15, 0.2) is 23.4 Å². The molecule has 1 aromatic rings. The molecule has 1 rings (SSSR count). The van der Waals surface area contributed by atoms with Gasteiger partial charge in [-0.3, -0.25) is 0 Å². The van der Waals surface area contributed by atoms with E-state index in [0.29, 0.717) is 17.0 Å². The van der Waals surface area contributed by atoms with Crippen molar-refractivity contribution in [2.75, 3.05) is 7.11 Å². The minimum atomic E-state index is -0.383. The molecule has 0 amide bonds. The summed E-state index contributed by atoms with van der Waals surface area (Å²) in [5, 5.41) is 11.5. The molecule has 4 heteroatoms. The van der Waals surface area contributed by atoms with Crippen molar-refractivity contribution in [1.82, 2.24) is 0 Å². The van der Waals surface area contributed by atoms with Crippen molar-refractivity contribution in [2.45, 2.75) is 6.92 Å². The molecule has 0 spiro atoms. The van der Waals surface area contributed by atoms with E-state index in [1.807, 2.05) is 0 Å². The van der Waals surface area contributed by atoms with E-state index in [1.165, 1.54) is 25.3 Å². The van der Waals surface area contributed by atoms with Crippen molar-refractivity contribution in [2.24, 2.45) is 5.16 Å². The molecule has 0 aromatic heterocycles. The SMILES string of the molecule is COc1cc(F)ccc1/C(C)=N/O. The maximum absolute atomic E-state index is 12.7. The van der Waals surface area contributed by atoms with E-state index in [1.54, 1.807) is 6.92 Å². The van der Waals surface area contributed by atoms with Crippen LogP contribution in [0.5, 0.6) is 5.75 Å². The largest absolute Gasteiger partial charge is 0.496 e. The lowest BCUT2D eigenvalue weighted by Crippen LogP contribution is -1.99. The first-order valence-corrected chi connectivity index (χ1v) is 3.71. The van der Waals surface area contributed by atoms with Gasteiger partial charge in [0.2, 0.25) is 0 Å². The lowest BCUT2D eigenvalue weighted by atomic mass is 10.1. The first-order chi connectivity index (χ1) is 6.19. The van der Waals surface area contributed by atoms with Gasteiger partial charge in [0.25, 0.3) is 0 Å². The van der Waals surface area contributed by atoms with Gasteiger partial charge in [0.1, 0.15) is 11.6 Å². The number of benzene rings is 1. The van der Waals surface area contributed by atoms with Gasteiger partial charge in [-0.2, -0.15) is 0 Å². The number of hydrogen-bond acceptors (Lipinski definition) is 3. The van der Waals surface area contributed by atoms with E-state index in [2.05, 4.69) is 5.16 Å². The number of oxime groups is 1. The van der Waals surface area contributed by atoms with Gasteiger partial charge in [-0.15, -0.1) is 0 Å². The lowest BCUT2D eigenvalue weighted by Gasteiger charge is -2.06. The molecule has 0 radical (unpaired) electrons. The quantitative estimate of drug-likeness (QED) is 0.433. The summed E-state index contributed by atoms with van der Waals surface area (Å²) < 4.78 is 17.6. The van der Waals surface area contributed by atoms with E-state index < -0.39 is 0 Å². The molecule has 0 saturated carbocycles. The number of nitrogens with zero attached hydrogens (tertiary/aromatic N) is 1. The predicted octanol–water partition coefficient (Wildman–Crippen LogP) is 2.03. The summed E-state index contributed by atoms with van der Waals surface area (Å²) in [4.78, 5) is 0. The Morgan fingerprint density at radius 1 is 1.54 bits per heavy atom. The highest BCUT2D eigenvalue weighted by Crippen LogP contribution is 2.19. The summed E-state index contributed by atoms with van der Waals surface area (Å²) >= 11 is 0. The molecule has 13 heavy (non-hydrogen) atoms. The summed E-state index contributed by atoms with van der Waals surface area (Å²) in [6.45, 7) is 1.61. The second kappa shape index (κ2) is 3.89. The fourth-order valence-electron chi connectivity index (χ4n) is 1.02. The van der Waals surface area contributed by atoms with Gasteiger partial charge in [0, 0.05) is 11.6 Å². The van der Waals surface area contributed by atoms with Gasteiger partial charge >= 0.3 is 0 Å². The minimum Gasteiger partial charge on any atom is -0.496 e.